The average Bonchev–Trinajstić information content (AvgIpc) is 2.94. The van der Waals surface area contributed by atoms with Gasteiger partial charge in [0.1, 0.15) is 10.6 Å². The van der Waals surface area contributed by atoms with Gasteiger partial charge < -0.3 is 9.64 Å². The van der Waals surface area contributed by atoms with Crippen molar-refractivity contribution < 1.29 is 14.3 Å². The van der Waals surface area contributed by atoms with Gasteiger partial charge in [-0.15, -0.1) is 0 Å². The molecule has 0 spiro atoms. The molecule has 2 aromatic carbocycles. The summed E-state index contributed by atoms with van der Waals surface area (Å²) in [7, 11) is 0. The number of hydrogen-bond acceptors (Lipinski definition) is 5. The van der Waals surface area contributed by atoms with Crippen LogP contribution in [0.3, 0.4) is 0 Å². The smallest absolute Gasteiger partial charge is 0.283 e. The van der Waals surface area contributed by atoms with Gasteiger partial charge in [-0.3, -0.25) is 9.59 Å². The number of nitrogens with zero attached hydrogens (tertiary/aromatic N) is 2. The van der Waals surface area contributed by atoms with E-state index in [9.17, 15) is 9.59 Å². The minimum atomic E-state index is -0.416. The van der Waals surface area contributed by atoms with Gasteiger partial charge in [-0.05, 0) is 42.5 Å². The van der Waals surface area contributed by atoms with Crippen LogP contribution in [0.2, 0.25) is 15.1 Å². The molecule has 0 N–H and O–H groups in total. The molecule has 29 heavy (non-hydrogen) atoms. The van der Waals surface area contributed by atoms with Crippen LogP contribution in [-0.2, 0) is 14.3 Å². The molecular weight excluding hydrogens is 455 g/mol. The van der Waals surface area contributed by atoms with Crippen molar-refractivity contribution in [2.75, 3.05) is 31.2 Å². The van der Waals surface area contributed by atoms with Gasteiger partial charge in [0.25, 0.3) is 11.8 Å². The molecule has 2 aliphatic heterocycles. The van der Waals surface area contributed by atoms with E-state index in [-0.39, 0.29) is 5.02 Å². The third-order valence-corrected chi connectivity index (χ3v) is 6.40. The number of hydrogen-bond donors (Lipinski definition) is 0. The van der Waals surface area contributed by atoms with Crippen LogP contribution < -0.4 is 4.90 Å². The molecule has 2 amide bonds. The van der Waals surface area contributed by atoms with E-state index in [4.69, 9.17) is 39.5 Å². The molecule has 0 aromatic heterocycles. The predicted molar refractivity (Wildman–Crippen MR) is 116 cm³/mol. The molecule has 0 bridgehead atoms. The van der Waals surface area contributed by atoms with Crippen molar-refractivity contribution in [2.24, 2.45) is 0 Å². The van der Waals surface area contributed by atoms with Gasteiger partial charge in [-0.2, -0.15) is 0 Å². The highest BCUT2D eigenvalue weighted by atomic mass is 35.5. The number of amides is 2. The number of halogens is 3. The van der Waals surface area contributed by atoms with Gasteiger partial charge in [0.05, 0.1) is 23.9 Å². The summed E-state index contributed by atoms with van der Waals surface area (Å²) in [5, 5.41) is 1.26. The Labute approximate surface area is 187 Å². The van der Waals surface area contributed by atoms with Crippen molar-refractivity contribution in [3.05, 3.63) is 68.1 Å². The molecular formula is C20H15Cl3N2O3S. The molecule has 0 unspecified atom stereocenters. The average molecular weight is 470 g/mol. The summed E-state index contributed by atoms with van der Waals surface area (Å²) in [6.45, 7) is 2.04. The zero-order chi connectivity index (χ0) is 20.5. The topological polar surface area (TPSA) is 49.9 Å². The van der Waals surface area contributed by atoms with E-state index in [1.165, 1.54) is 17.8 Å². The highest BCUT2D eigenvalue weighted by molar-refractivity contribution is 8.04. The molecule has 0 aliphatic carbocycles. The maximum absolute atomic E-state index is 13.3. The highest BCUT2D eigenvalue weighted by Gasteiger charge is 2.43. The molecule has 2 aromatic rings. The fraction of sp³-hybridized carbons (Fsp3) is 0.200. The van der Waals surface area contributed by atoms with E-state index in [0.717, 1.165) is 9.80 Å². The maximum atomic E-state index is 13.3. The van der Waals surface area contributed by atoms with Crippen molar-refractivity contribution in [1.29, 1.82) is 0 Å². The second-order valence-corrected chi connectivity index (χ2v) is 8.74. The van der Waals surface area contributed by atoms with Crippen LogP contribution >= 0.6 is 46.6 Å². The third kappa shape index (κ3) is 4.13. The zero-order valence-electron chi connectivity index (χ0n) is 15.0. The first-order valence-corrected chi connectivity index (χ1v) is 10.7. The van der Waals surface area contributed by atoms with E-state index in [1.54, 1.807) is 24.3 Å². The molecule has 9 heteroatoms. The highest BCUT2D eigenvalue weighted by Crippen LogP contribution is 2.41. The summed E-state index contributed by atoms with van der Waals surface area (Å²) in [6.07, 6.45) is 0. The lowest BCUT2D eigenvalue weighted by molar-refractivity contribution is -0.121. The van der Waals surface area contributed by atoms with Crippen molar-refractivity contribution in [1.82, 2.24) is 4.90 Å². The number of anilines is 1. The van der Waals surface area contributed by atoms with Gasteiger partial charge in [0.2, 0.25) is 0 Å². The fourth-order valence-electron chi connectivity index (χ4n) is 3.16. The van der Waals surface area contributed by atoms with Crippen LogP contribution in [0, 0.1) is 0 Å². The Kier molecular flexibility index (Phi) is 6.08. The largest absolute Gasteiger partial charge is 0.378 e. The quantitative estimate of drug-likeness (QED) is 0.599. The van der Waals surface area contributed by atoms with E-state index in [2.05, 4.69) is 0 Å². The third-order valence-electron chi connectivity index (χ3n) is 4.53. The van der Waals surface area contributed by atoms with Crippen LogP contribution in [0.1, 0.15) is 0 Å². The first-order chi connectivity index (χ1) is 14.0. The summed E-state index contributed by atoms with van der Waals surface area (Å²) in [5.41, 5.74) is 0.674. The standard InChI is InChI=1S/C20H15Cl3N2O3S/c21-12-1-4-14(5-2-12)29-18-17(24-7-9-28-10-8-24)19(26)25(20(18)27)16-6-3-13(22)11-15(16)23/h1-6,11H,7-10H2. The molecule has 1 saturated heterocycles. The summed E-state index contributed by atoms with van der Waals surface area (Å²) in [6, 6.07) is 11.8. The minimum Gasteiger partial charge on any atom is -0.378 e. The van der Waals surface area contributed by atoms with Gasteiger partial charge in [-0.1, -0.05) is 46.6 Å². The molecule has 2 heterocycles. The van der Waals surface area contributed by atoms with Crippen LogP contribution in [-0.4, -0.2) is 43.0 Å². The molecule has 0 saturated carbocycles. The van der Waals surface area contributed by atoms with Crippen molar-refractivity contribution in [3.63, 3.8) is 0 Å². The molecule has 0 radical (unpaired) electrons. The molecule has 150 valence electrons. The van der Waals surface area contributed by atoms with Crippen LogP contribution in [0.25, 0.3) is 0 Å². The number of rotatable bonds is 4. The number of carbonyl (C=O) groups excluding carboxylic acids is 2. The Morgan fingerprint density at radius 3 is 2.17 bits per heavy atom. The Bertz CT molecular complexity index is 1000. The SMILES string of the molecule is O=C1C(Sc2ccc(Cl)cc2)=C(N2CCOCC2)C(=O)N1c1ccc(Cl)cc1Cl. The van der Waals surface area contributed by atoms with Gasteiger partial charge in [0, 0.05) is 28.0 Å². The number of ether oxygens (including phenoxy) is 1. The first kappa shape index (κ1) is 20.6. The Balaban J connectivity index is 1.75. The summed E-state index contributed by atoms with van der Waals surface area (Å²) in [4.78, 5) is 30.8. The lowest BCUT2D eigenvalue weighted by Gasteiger charge is -2.29. The molecule has 4 rings (SSSR count). The second kappa shape index (κ2) is 8.58. The van der Waals surface area contributed by atoms with E-state index in [1.807, 2.05) is 17.0 Å². The lowest BCUT2D eigenvalue weighted by atomic mass is 10.3. The fourth-order valence-corrected chi connectivity index (χ4v) is 4.78. The Morgan fingerprint density at radius 1 is 0.862 bits per heavy atom. The molecule has 0 atom stereocenters. The first-order valence-electron chi connectivity index (χ1n) is 8.80. The van der Waals surface area contributed by atoms with Crippen molar-refractivity contribution >= 4 is 64.1 Å². The van der Waals surface area contributed by atoms with Gasteiger partial charge in [-0.25, -0.2) is 4.90 Å². The Hall–Kier alpha value is -1.70. The Morgan fingerprint density at radius 2 is 1.52 bits per heavy atom. The predicted octanol–water partition coefficient (Wildman–Crippen LogP) is 4.86. The maximum Gasteiger partial charge on any atom is 0.283 e. The van der Waals surface area contributed by atoms with Crippen LogP contribution in [0.15, 0.2) is 58.0 Å². The number of imide groups is 1. The normalized spacial score (nSPS) is 17.5. The summed E-state index contributed by atoms with van der Waals surface area (Å²) < 4.78 is 5.40. The second-order valence-electron chi connectivity index (χ2n) is 6.37. The number of benzene rings is 2. The van der Waals surface area contributed by atoms with Crippen LogP contribution in [0.5, 0.6) is 0 Å². The van der Waals surface area contributed by atoms with E-state index < -0.39 is 11.8 Å². The summed E-state index contributed by atoms with van der Waals surface area (Å²) >= 11 is 19.5. The monoisotopic (exact) mass is 468 g/mol. The summed E-state index contributed by atoms with van der Waals surface area (Å²) in [5.74, 6) is -0.821. The molecule has 2 aliphatic rings. The number of thioether (sulfide) groups is 1. The van der Waals surface area contributed by atoms with Crippen molar-refractivity contribution in [3.8, 4) is 0 Å². The van der Waals surface area contributed by atoms with Crippen LogP contribution in [0.4, 0.5) is 5.69 Å². The number of carbonyl (C=O) groups is 2. The zero-order valence-corrected chi connectivity index (χ0v) is 18.1. The van der Waals surface area contributed by atoms with E-state index in [0.29, 0.717) is 52.6 Å². The van der Waals surface area contributed by atoms with E-state index >= 15 is 0 Å². The molecule has 1 fully saturated rings. The van der Waals surface area contributed by atoms with Crippen molar-refractivity contribution in [2.45, 2.75) is 4.90 Å². The minimum absolute atomic E-state index is 0.235. The van der Waals surface area contributed by atoms with Gasteiger partial charge in [0.15, 0.2) is 0 Å². The molecule has 5 nitrogen and oxygen atoms in total. The van der Waals surface area contributed by atoms with Gasteiger partial charge >= 0.3 is 0 Å². The number of morpholine rings is 1. The lowest BCUT2D eigenvalue weighted by Crippen LogP contribution is -2.40.